The van der Waals surface area contributed by atoms with Crippen molar-refractivity contribution in [2.24, 2.45) is 5.92 Å². The molecule has 0 bridgehead atoms. The Labute approximate surface area is 202 Å². The van der Waals surface area contributed by atoms with Crippen LogP contribution in [-0.4, -0.2) is 66.9 Å². The first-order valence-corrected chi connectivity index (χ1v) is 12.0. The van der Waals surface area contributed by atoms with Crippen LogP contribution in [0.2, 0.25) is 0 Å². The average molecular weight is 466 g/mol. The first-order valence-electron chi connectivity index (χ1n) is 12.0. The molecule has 1 heterocycles. The van der Waals surface area contributed by atoms with Gasteiger partial charge in [0, 0.05) is 37.3 Å². The first-order chi connectivity index (χ1) is 16.4. The molecule has 1 aliphatic rings. The lowest BCUT2D eigenvalue weighted by molar-refractivity contribution is -0.134. The molecule has 2 aromatic carbocycles. The Morgan fingerprint density at radius 1 is 1.03 bits per heavy atom. The van der Waals surface area contributed by atoms with E-state index in [0.717, 1.165) is 5.56 Å². The van der Waals surface area contributed by atoms with Gasteiger partial charge in [0.15, 0.2) is 0 Å². The van der Waals surface area contributed by atoms with Gasteiger partial charge in [-0.25, -0.2) is 0 Å². The molecule has 182 valence electrons. The van der Waals surface area contributed by atoms with Crippen molar-refractivity contribution in [1.29, 1.82) is 0 Å². The number of hydrogen-bond acceptors (Lipinski definition) is 4. The summed E-state index contributed by atoms with van der Waals surface area (Å²) in [5, 5.41) is 3.01. The smallest absolute Gasteiger partial charge is 0.253 e. The number of piperidine rings is 1. The number of likely N-dealkylation sites (tertiary alicyclic amines) is 1. The lowest BCUT2D eigenvalue weighted by Gasteiger charge is -2.37. The molecule has 1 saturated heterocycles. The zero-order valence-corrected chi connectivity index (χ0v) is 20.5. The van der Waals surface area contributed by atoms with Gasteiger partial charge < -0.3 is 19.9 Å². The molecule has 1 N–H and O–H groups in total. The quantitative estimate of drug-likeness (QED) is 0.647. The van der Waals surface area contributed by atoms with Crippen molar-refractivity contribution in [3.8, 4) is 5.75 Å². The Morgan fingerprint density at radius 2 is 1.68 bits per heavy atom. The van der Waals surface area contributed by atoms with Crippen molar-refractivity contribution >= 4 is 17.7 Å². The van der Waals surface area contributed by atoms with Gasteiger partial charge in [0.2, 0.25) is 5.91 Å². The summed E-state index contributed by atoms with van der Waals surface area (Å²) in [4.78, 5) is 42.9. The molecule has 7 nitrogen and oxygen atoms in total. The summed E-state index contributed by atoms with van der Waals surface area (Å²) in [5.74, 6) is 0.234. The van der Waals surface area contributed by atoms with Crippen LogP contribution in [0.5, 0.6) is 5.75 Å². The number of methoxy groups -OCH3 is 1. The summed E-state index contributed by atoms with van der Waals surface area (Å²) < 4.78 is 5.24. The number of amides is 3. The summed E-state index contributed by atoms with van der Waals surface area (Å²) in [6, 6.07) is 13.8. The van der Waals surface area contributed by atoms with Crippen LogP contribution in [0.25, 0.3) is 0 Å². The monoisotopic (exact) mass is 465 g/mol. The van der Waals surface area contributed by atoms with E-state index in [-0.39, 0.29) is 23.6 Å². The second-order valence-electron chi connectivity index (χ2n) is 8.69. The van der Waals surface area contributed by atoms with Gasteiger partial charge in [0.25, 0.3) is 11.8 Å². The first kappa shape index (κ1) is 25.3. The molecule has 1 fully saturated rings. The number of carbonyl (C=O) groups is 3. The molecule has 3 amide bonds. The van der Waals surface area contributed by atoms with Crippen molar-refractivity contribution in [1.82, 2.24) is 15.1 Å². The molecule has 0 saturated carbocycles. The van der Waals surface area contributed by atoms with Crippen molar-refractivity contribution in [2.75, 3.05) is 33.3 Å². The Hall–Kier alpha value is -3.35. The fraction of sp³-hybridized carbons (Fsp3) is 0.444. The number of nitrogens with zero attached hydrogens (tertiary/aromatic N) is 2. The summed E-state index contributed by atoms with van der Waals surface area (Å²) in [7, 11) is 1.58. The van der Waals surface area contributed by atoms with Crippen LogP contribution in [0.15, 0.2) is 48.5 Å². The molecule has 0 unspecified atom stereocenters. The average Bonchev–Trinajstić information content (AvgIpc) is 2.88. The van der Waals surface area contributed by atoms with Crippen LogP contribution in [0.1, 0.15) is 53.0 Å². The van der Waals surface area contributed by atoms with E-state index < -0.39 is 6.04 Å². The molecule has 1 aliphatic heterocycles. The molecule has 0 radical (unpaired) electrons. The highest BCUT2D eigenvalue weighted by molar-refractivity contribution is 5.98. The Kier molecular flexibility index (Phi) is 8.68. The second kappa shape index (κ2) is 11.7. The number of hydrogen-bond donors (Lipinski definition) is 1. The van der Waals surface area contributed by atoms with E-state index >= 15 is 0 Å². The van der Waals surface area contributed by atoms with Gasteiger partial charge in [-0.1, -0.05) is 23.8 Å². The Bertz CT molecular complexity index is 993. The molecule has 7 heteroatoms. The Balaban J connectivity index is 1.72. The predicted octanol–water partition coefficient (Wildman–Crippen LogP) is 3.52. The lowest BCUT2D eigenvalue weighted by atomic mass is 9.87. The van der Waals surface area contributed by atoms with E-state index in [9.17, 15) is 14.4 Å². The van der Waals surface area contributed by atoms with Crippen molar-refractivity contribution in [3.63, 3.8) is 0 Å². The minimum absolute atomic E-state index is 0.0446. The molecule has 2 aromatic rings. The van der Waals surface area contributed by atoms with Gasteiger partial charge in [-0.3, -0.25) is 14.4 Å². The van der Waals surface area contributed by atoms with Crippen LogP contribution in [0, 0.1) is 12.8 Å². The number of rotatable bonds is 8. The van der Waals surface area contributed by atoms with E-state index in [4.69, 9.17) is 4.74 Å². The number of carbonyl (C=O) groups excluding carboxylic acids is 3. The van der Waals surface area contributed by atoms with E-state index in [1.54, 1.807) is 42.3 Å². The van der Waals surface area contributed by atoms with Crippen LogP contribution in [0.3, 0.4) is 0 Å². The van der Waals surface area contributed by atoms with E-state index in [1.165, 1.54) is 0 Å². The van der Waals surface area contributed by atoms with Crippen LogP contribution in [0.4, 0.5) is 0 Å². The zero-order chi connectivity index (χ0) is 24.7. The van der Waals surface area contributed by atoms with Crippen LogP contribution >= 0.6 is 0 Å². The van der Waals surface area contributed by atoms with Crippen molar-refractivity contribution in [2.45, 2.75) is 39.7 Å². The molecular formula is C27H35N3O4. The largest absolute Gasteiger partial charge is 0.497 e. The molecule has 0 spiro atoms. The minimum atomic E-state index is -0.622. The highest BCUT2D eigenvalue weighted by Gasteiger charge is 2.35. The fourth-order valence-electron chi connectivity index (χ4n) is 4.42. The normalized spacial score (nSPS) is 14.9. The number of aryl methyl sites for hydroxylation is 1. The van der Waals surface area contributed by atoms with Gasteiger partial charge in [-0.15, -0.1) is 0 Å². The van der Waals surface area contributed by atoms with Crippen molar-refractivity contribution in [3.05, 3.63) is 65.2 Å². The van der Waals surface area contributed by atoms with Gasteiger partial charge in [0.05, 0.1) is 7.11 Å². The number of likely N-dealkylation sites (N-methyl/N-ethyl adjacent to an activating group) is 1. The predicted molar refractivity (Wildman–Crippen MR) is 132 cm³/mol. The third kappa shape index (κ3) is 5.95. The fourth-order valence-corrected chi connectivity index (χ4v) is 4.42. The van der Waals surface area contributed by atoms with Gasteiger partial charge in [-0.05, 0) is 69.9 Å². The molecule has 34 heavy (non-hydrogen) atoms. The maximum atomic E-state index is 13.3. The number of ether oxygens (including phenoxy) is 1. The standard InChI is InChI=1S/C27H35N3O4/c1-5-29(6-2)27(33)24(28-25(31)21-12-10-19(3)11-13-21)20-14-16-30(17-15-20)26(32)22-8-7-9-23(18-22)34-4/h7-13,18,20,24H,5-6,14-17H2,1-4H3,(H,28,31)/t24-/m0/s1. The highest BCUT2D eigenvalue weighted by Crippen LogP contribution is 2.25. The van der Waals surface area contributed by atoms with E-state index in [2.05, 4.69) is 5.32 Å². The highest BCUT2D eigenvalue weighted by atomic mass is 16.5. The second-order valence-corrected chi connectivity index (χ2v) is 8.69. The number of nitrogens with one attached hydrogen (secondary N) is 1. The molecular weight excluding hydrogens is 430 g/mol. The zero-order valence-electron chi connectivity index (χ0n) is 20.5. The summed E-state index contributed by atoms with van der Waals surface area (Å²) >= 11 is 0. The maximum absolute atomic E-state index is 13.3. The van der Waals surface area contributed by atoms with Crippen LogP contribution < -0.4 is 10.1 Å². The van der Waals surface area contributed by atoms with Crippen LogP contribution in [-0.2, 0) is 4.79 Å². The minimum Gasteiger partial charge on any atom is -0.497 e. The molecule has 1 atom stereocenters. The van der Waals surface area contributed by atoms with Gasteiger partial charge >= 0.3 is 0 Å². The summed E-state index contributed by atoms with van der Waals surface area (Å²) in [6.45, 7) is 8.07. The van der Waals surface area contributed by atoms with Gasteiger partial charge in [-0.2, -0.15) is 0 Å². The summed E-state index contributed by atoms with van der Waals surface area (Å²) in [6.07, 6.45) is 1.28. The SMILES string of the molecule is CCN(CC)C(=O)[C@@H](NC(=O)c1ccc(C)cc1)C1CCN(C(=O)c2cccc(OC)c2)CC1. The third-order valence-electron chi connectivity index (χ3n) is 6.56. The Morgan fingerprint density at radius 3 is 2.26 bits per heavy atom. The third-order valence-corrected chi connectivity index (χ3v) is 6.56. The maximum Gasteiger partial charge on any atom is 0.253 e. The molecule has 3 rings (SSSR count). The lowest BCUT2D eigenvalue weighted by Crippen LogP contribution is -2.54. The number of benzene rings is 2. The summed E-state index contributed by atoms with van der Waals surface area (Å²) in [5.41, 5.74) is 2.19. The van der Waals surface area contributed by atoms with E-state index in [1.807, 2.05) is 43.9 Å². The topological polar surface area (TPSA) is 79.0 Å². The van der Waals surface area contributed by atoms with E-state index in [0.29, 0.717) is 55.9 Å². The molecule has 0 aliphatic carbocycles. The van der Waals surface area contributed by atoms with Gasteiger partial charge in [0.1, 0.15) is 11.8 Å². The molecule has 0 aromatic heterocycles. The van der Waals surface area contributed by atoms with Crippen molar-refractivity contribution < 1.29 is 19.1 Å².